The van der Waals surface area contributed by atoms with Gasteiger partial charge in [-0.05, 0) is 18.8 Å². The van der Waals surface area contributed by atoms with Crippen LogP contribution in [-0.2, 0) is 4.74 Å². The number of aliphatic hydroxyl groups is 2. The monoisotopic (exact) mass is 174 g/mol. The minimum atomic E-state index is -0.400. The van der Waals surface area contributed by atoms with Crippen LogP contribution in [0.15, 0.2) is 0 Å². The van der Waals surface area contributed by atoms with Crippen LogP contribution in [-0.4, -0.2) is 35.1 Å². The third-order valence-electron chi connectivity index (χ3n) is 3.00. The summed E-state index contributed by atoms with van der Waals surface area (Å²) in [6.45, 7) is 5.88. The van der Waals surface area contributed by atoms with Crippen molar-refractivity contribution in [1.82, 2.24) is 0 Å². The first-order valence-electron chi connectivity index (χ1n) is 4.52. The maximum absolute atomic E-state index is 9.62. The van der Waals surface area contributed by atoms with E-state index in [1.807, 2.05) is 20.8 Å². The van der Waals surface area contributed by atoms with Crippen molar-refractivity contribution in [2.75, 3.05) is 6.61 Å². The van der Waals surface area contributed by atoms with Gasteiger partial charge in [0.15, 0.2) is 0 Å². The molecule has 0 saturated carbocycles. The van der Waals surface area contributed by atoms with Gasteiger partial charge in [-0.2, -0.15) is 0 Å². The number of hydrogen-bond acceptors (Lipinski definition) is 3. The minimum absolute atomic E-state index is 0.0442. The van der Waals surface area contributed by atoms with E-state index in [0.717, 1.165) is 0 Å². The van der Waals surface area contributed by atoms with Gasteiger partial charge in [-0.1, -0.05) is 13.8 Å². The van der Waals surface area contributed by atoms with Crippen LogP contribution in [0.1, 0.15) is 20.8 Å². The Morgan fingerprint density at radius 3 is 2.25 bits per heavy atom. The molecule has 72 valence electrons. The van der Waals surface area contributed by atoms with Gasteiger partial charge in [0, 0.05) is 0 Å². The van der Waals surface area contributed by atoms with Crippen molar-refractivity contribution in [3.8, 4) is 0 Å². The summed E-state index contributed by atoms with van der Waals surface area (Å²) in [5.74, 6) is 0.423. The van der Waals surface area contributed by atoms with Gasteiger partial charge in [0.25, 0.3) is 0 Å². The van der Waals surface area contributed by atoms with Crippen LogP contribution in [0.4, 0.5) is 0 Å². The van der Waals surface area contributed by atoms with Gasteiger partial charge in [0.05, 0.1) is 24.9 Å². The van der Waals surface area contributed by atoms with Gasteiger partial charge in [-0.15, -0.1) is 0 Å². The van der Waals surface area contributed by atoms with Crippen molar-refractivity contribution in [2.24, 2.45) is 11.8 Å². The van der Waals surface area contributed by atoms with Crippen molar-refractivity contribution in [1.29, 1.82) is 0 Å². The molecule has 1 aliphatic rings. The molecule has 0 aromatic rings. The first-order chi connectivity index (χ1) is 5.57. The first kappa shape index (κ1) is 9.96. The number of rotatable bonds is 1. The summed E-state index contributed by atoms with van der Waals surface area (Å²) in [6, 6.07) is 0. The van der Waals surface area contributed by atoms with Gasteiger partial charge in [-0.3, -0.25) is 0 Å². The Morgan fingerprint density at radius 1 is 1.17 bits per heavy atom. The van der Waals surface area contributed by atoms with E-state index in [0.29, 0.717) is 0 Å². The largest absolute Gasteiger partial charge is 0.394 e. The summed E-state index contributed by atoms with van der Waals surface area (Å²) in [6.07, 6.45) is -0.672. The Kier molecular flexibility index (Phi) is 3.09. The number of hydrogen-bond donors (Lipinski definition) is 2. The molecule has 2 N–H and O–H groups in total. The lowest BCUT2D eigenvalue weighted by molar-refractivity contribution is -0.171. The molecular weight excluding hydrogens is 156 g/mol. The van der Waals surface area contributed by atoms with Gasteiger partial charge >= 0.3 is 0 Å². The molecule has 0 aromatic heterocycles. The normalized spacial score (nSPS) is 49.2. The van der Waals surface area contributed by atoms with Crippen LogP contribution in [0.5, 0.6) is 0 Å². The Hall–Kier alpha value is -0.120. The SMILES string of the molecule is C[C@@H]1C(CO)O[C@H](C)C(O)[C@H]1C. The highest BCUT2D eigenvalue weighted by molar-refractivity contribution is 4.85. The zero-order valence-corrected chi connectivity index (χ0v) is 7.90. The summed E-state index contributed by atoms with van der Waals surface area (Å²) < 4.78 is 5.43. The van der Waals surface area contributed by atoms with Crippen molar-refractivity contribution in [2.45, 2.75) is 39.1 Å². The molecule has 2 unspecified atom stereocenters. The highest BCUT2D eigenvalue weighted by atomic mass is 16.5. The van der Waals surface area contributed by atoms with E-state index in [9.17, 15) is 5.11 Å². The second-order valence-corrected chi connectivity index (χ2v) is 3.77. The summed E-state index contributed by atoms with van der Waals surface area (Å²) in [5, 5.41) is 18.6. The standard InChI is InChI=1S/C9H18O3/c1-5-6(2)9(11)7(3)12-8(5)4-10/h5-11H,4H2,1-3H3/t5-,6-,7+,8?,9?/m0/s1. The molecule has 0 radical (unpaired) electrons. The summed E-state index contributed by atoms with van der Waals surface area (Å²) in [5.41, 5.74) is 0. The Bertz CT molecular complexity index is 144. The van der Waals surface area contributed by atoms with Crippen molar-refractivity contribution < 1.29 is 14.9 Å². The fourth-order valence-electron chi connectivity index (χ4n) is 1.77. The van der Waals surface area contributed by atoms with Crippen molar-refractivity contribution in [3.05, 3.63) is 0 Å². The Labute approximate surface area is 73.4 Å². The second kappa shape index (κ2) is 3.73. The van der Waals surface area contributed by atoms with E-state index >= 15 is 0 Å². The molecule has 5 atom stereocenters. The molecular formula is C9H18O3. The summed E-state index contributed by atoms with van der Waals surface area (Å²) >= 11 is 0. The average Bonchev–Trinajstić information content (AvgIpc) is 2.08. The second-order valence-electron chi connectivity index (χ2n) is 3.77. The quantitative estimate of drug-likeness (QED) is 0.605. The van der Waals surface area contributed by atoms with E-state index < -0.39 is 6.10 Å². The molecule has 0 aromatic carbocycles. The fraction of sp³-hybridized carbons (Fsp3) is 1.00. The zero-order chi connectivity index (χ0) is 9.30. The lowest BCUT2D eigenvalue weighted by atomic mass is 9.82. The van der Waals surface area contributed by atoms with Crippen molar-refractivity contribution >= 4 is 0 Å². The molecule has 0 spiro atoms. The van der Waals surface area contributed by atoms with Crippen LogP contribution >= 0.6 is 0 Å². The van der Waals surface area contributed by atoms with E-state index in [1.165, 1.54) is 0 Å². The molecule has 3 heteroatoms. The van der Waals surface area contributed by atoms with Crippen LogP contribution in [0.25, 0.3) is 0 Å². The topological polar surface area (TPSA) is 49.7 Å². The predicted octanol–water partition coefficient (Wildman–Crippen LogP) is 0.399. The van der Waals surface area contributed by atoms with E-state index in [1.54, 1.807) is 0 Å². The zero-order valence-electron chi connectivity index (χ0n) is 7.90. The first-order valence-corrected chi connectivity index (χ1v) is 4.52. The Balaban J connectivity index is 2.63. The van der Waals surface area contributed by atoms with Crippen LogP contribution in [0.3, 0.4) is 0 Å². The molecule has 1 aliphatic heterocycles. The average molecular weight is 174 g/mol. The fourth-order valence-corrected chi connectivity index (χ4v) is 1.77. The molecule has 0 bridgehead atoms. The van der Waals surface area contributed by atoms with Gasteiger partial charge in [0.1, 0.15) is 0 Å². The third kappa shape index (κ3) is 1.63. The highest BCUT2D eigenvalue weighted by Gasteiger charge is 2.37. The molecule has 0 aliphatic carbocycles. The van der Waals surface area contributed by atoms with Gasteiger partial charge in [0.2, 0.25) is 0 Å². The number of ether oxygens (including phenoxy) is 1. The highest BCUT2D eigenvalue weighted by Crippen LogP contribution is 2.29. The minimum Gasteiger partial charge on any atom is -0.394 e. The van der Waals surface area contributed by atoms with E-state index in [2.05, 4.69) is 0 Å². The molecule has 0 amide bonds. The van der Waals surface area contributed by atoms with E-state index in [-0.39, 0.29) is 30.7 Å². The lowest BCUT2D eigenvalue weighted by Gasteiger charge is -2.40. The number of aliphatic hydroxyl groups excluding tert-OH is 2. The molecule has 1 heterocycles. The molecule has 1 rings (SSSR count). The van der Waals surface area contributed by atoms with E-state index in [4.69, 9.17) is 9.84 Å². The van der Waals surface area contributed by atoms with Gasteiger partial charge in [-0.25, -0.2) is 0 Å². The maximum atomic E-state index is 9.62. The maximum Gasteiger partial charge on any atom is 0.0839 e. The molecule has 1 fully saturated rings. The molecule has 12 heavy (non-hydrogen) atoms. The van der Waals surface area contributed by atoms with Crippen LogP contribution in [0.2, 0.25) is 0 Å². The van der Waals surface area contributed by atoms with Crippen LogP contribution < -0.4 is 0 Å². The summed E-state index contributed by atoms with van der Waals surface area (Å²) in [4.78, 5) is 0. The van der Waals surface area contributed by atoms with Gasteiger partial charge < -0.3 is 14.9 Å². The molecule has 3 nitrogen and oxygen atoms in total. The summed E-state index contributed by atoms with van der Waals surface area (Å²) in [7, 11) is 0. The Morgan fingerprint density at radius 2 is 1.75 bits per heavy atom. The van der Waals surface area contributed by atoms with Crippen LogP contribution in [0, 0.1) is 11.8 Å². The lowest BCUT2D eigenvalue weighted by Crippen LogP contribution is -2.49. The smallest absolute Gasteiger partial charge is 0.0839 e. The third-order valence-corrected chi connectivity index (χ3v) is 3.00. The van der Waals surface area contributed by atoms with Crippen molar-refractivity contribution in [3.63, 3.8) is 0 Å². The molecule has 1 saturated heterocycles. The predicted molar refractivity (Wildman–Crippen MR) is 45.8 cm³/mol.